The van der Waals surface area contributed by atoms with Crippen molar-refractivity contribution >= 4 is 5.69 Å². The molecular formula is C14H17N3O. The summed E-state index contributed by atoms with van der Waals surface area (Å²) in [5, 5.41) is 12.3. The van der Waals surface area contributed by atoms with Gasteiger partial charge in [-0.15, -0.1) is 0 Å². The number of rotatable bonds is 5. The van der Waals surface area contributed by atoms with Crippen LogP contribution in [0.5, 0.6) is 0 Å². The summed E-state index contributed by atoms with van der Waals surface area (Å²) in [7, 11) is 0. The average molecular weight is 243 g/mol. The molecule has 1 aromatic carbocycles. The van der Waals surface area contributed by atoms with Crippen molar-refractivity contribution in [2.75, 3.05) is 11.9 Å². The lowest BCUT2D eigenvalue weighted by Crippen LogP contribution is -2.04. The van der Waals surface area contributed by atoms with Crippen molar-refractivity contribution in [2.45, 2.75) is 25.2 Å². The molecule has 0 unspecified atom stereocenters. The van der Waals surface area contributed by atoms with Gasteiger partial charge in [0.1, 0.15) is 5.76 Å². The number of allylic oxidation sites excluding steroid dienone is 1. The highest BCUT2D eigenvalue weighted by Gasteiger charge is 2.44. The Bertz CT molecular complexity index is 481. The molecule has 0 heterocycles. The van der Waals surface area contributed by atoms with Crippen molar-refractivity contribution in [1.29, 1.82) is 5.26 Å². The molecule has 1 aliphatic rings. The highest BCUT2D eigenvalue weighted by Crippen LogP contribution is 2.47. The van der Waals surface area contributed by atoms with E-state index in [2.05, 4.69) is 16.2 Å². The van der Waals surface area contributed by atoms with Gasteiger partial charge in [0, 0.05) is 12.2 Å². The second kappa shape index (κ2) is 5.11. The highest BCUT2D eigenvalue weighted by molar-refractivity contribution is 5.49. The maximum Gasteiger partial charge on any atom is 0.118 e. The molecule has 4 heteroatoms. The summed E-state index contributed by atoms with van der Waals surface area (Å²) < 4.78 is 0. The zero-order valence-corrected chi connectivity index (χ0v) is 10.4. The lowest BCUT2D eigenvalue weighted by molar-refractivity contribution is 0.222. The summed E-state index contributed by atoms with van der Waals surface area (Å²) in [6, 6.07) is 10.4. The Morgan fingerprint density at radius 3 is 2.67 bits per heavy atom. The number of nitriles is 1. The van der Waals surface area contributed by atoms with E-state index in [0.717, 1.165) is 24.1 Å². The van der Waals surface area contributed by atoms with Crippen LogP contribution in [0.4, 0.5) is 5.69 Å². The van der Waals surface area contributed by atoms with Gasteiger partial charge in [-0.25, -0.2) is 0 Å². The molecule has 1 aliphatic carbocycles. The second-order valence-electron chi connectivity index (χ2n) is 4.58. The zero-order valence-electron chi connectivity index (χ0n) is 10.4. The zero-order chi connectivity index (χ0) is 13.0. The molecule has 1 saturated carbocycles. The van der Waals surface area contributed by atoms with E-state index < -0.39 is 0 Å². The maximum absolute atomic E-state index is 9.11. The fourth-order valence-corrected chi connectivity index (χ4v) is 1.86. The third-order valence-electron chi connectivity index (χ3n) is 3.28. The Labute approximate surface area is 107 Å². The Morgan fingerprint density at radius 2 is 2.17 bits per heavy atom. The molecule has 0 atom stereocenters. The molecule has 0 radical (unpaired) electrons. The summed E-state index contributed by atoms with van der Waals surface area (Å²) >= 11 is 0. The van der Waals surface area contributed by atoms with Gasteiger partial charge in [-0.2, -0.15) is 11.2 Å². The van der Waals surface area contributed by atoms with E-state index in [9.17, 15) is 0 Å². The van der Waals surface area contributed by atoms with E-state index in [0.29, 0.717) is 12.3 Å². The Hall–Kier alpha value is -1.99. The molecule has 1 fully saturated rings. The van der Waals surface area contributed by atoms with Crippen molar-refractivity contribution in [3.63, 3.8) is 0 Å². The smallest absolute Gasteiger partial charge is 0.118 e. The van der Waals surface area contributed by atoms with Gasteiger partial charge >= 0.3 is 0 Å². The van der Waals surface area contributed by atoms with Gasteiger partial charge in [0.2, 0.25) is 0 Å². The lowest BCUT2D eigenvalue weighted by atomic mass is 9.98. The number of nitrogens with two attached hydrogens (primary N) is 1. The molecule has 0 amide bonds. The van der Waals surface area contributed by atoms with Gasteiger partial charge in [0.05, 0.1) is 11.5 Å². The topological polar surface area (TPSA) is 71.1 Å². The molecule has 2 rings (SSSR count). The second-order valence-corrected chi connectivity index (χ2v) is 4.58. The molecule has 1 aromatic rings. The molecule has 0 aromatic heterocycles. The third-order valence-corrected chi connectivity index (χ3v) is 3.28. The molecule has 0 bridgehead atoms. The maximum atomic E-state index is 9.11. The average Bonchev–Trinajstić information content (AvgIpc) is 3.20. The van der Waals surface area contributed by atoms with Crippen LogP contribution >= 0.6 is 0 Å². The van der Waals surface area contributed by atoms with Crippen LogP contribution in [0.1, 0.15) is 25.3 Å². The van der Waals surface area contributed by atoms with Gasteiger partial charge in [-0.1, -0.05) is 12.1 Å². The van der Waals surface area contributed by atoms with E-state index >= 15 is 0 Å². The predicted octanol–water partition coefficient (Wildman–Crippen LogP) is 2.45. The first-order valence-electron chi connectivity index (χ1n) is 5.99. The largest absolute Gasteiger partial charge is 0.417 e. The molecule has 3 N–H and O–H groups in total. The number of benzene rings is 1. The Morgan fingerprint density at radius 1 is 1.50 bits per heavy atom. The van der Waals surface area contributed by atoms with Crippen molar-refractivity contribution in [1.82, 2.24) is 0 Å². The predicted molar refractivity (Wildman–Crippen MR) is 70.5 cm³/mol. The number of nitrogens with one attached hydrogen (secondary N) is 1. The molecular weight excluding hydrogens is 226 g/mol. The van der Waals surface area contributed by atoms with Crippen LogP contribution in [0.2, 0.25) is 0 Å². The van der Waals surface area contributed by atoms with Crippen molar-refractivity contribution in [2.24, 2.45) is 5.90 Å². The van der Waals surface area contributed by atoms with Crippen molar-refractivity contribution in [3.05, 3.63) is 41.7 Å². The standard InChI is InChI=1S/C14H17N3O/c1-11(18-16)6-9-17-13-4-2-12(3-5-13)14(10-15)7-8-14/h2-6,17H,7-9,16H2,1H3/b11-6-. The number of hydrogen-bond donors (Lipinski definition) is 2. The van der Waals surface area contributed by atoms with E-state index in [1.807, 2.05) is 30.3 Å². The van der Waals surface area contributed by atoms with E-state index in [4.69, 9.17) is 11.2 Å². The lowest BCUT2D eigenvalue weighted by Gasteiger charge is -2.08. The van der Waals surface area contributed by atoms with Crippen LogP contribution in [0, 0.1) is 11.3 Å². The monoisotopic (exact) mass is 243 g/mol. The summed E-state index contributed by atoms with van der Waals surface area (Å²) in [6.07, 6.45) is 3.82. The van der Waals surface area contributed by atoms with Crippen LogP contribution in [-0.4, -0.2) is 6.54 Å². The van der Waals surface area contributed by atoms with E-state index in [-0.39, 0.29) is 5.41 Å². The number of hydrogen-bond acceptors (Lipinski definition) is 4. The molecule has 0 aliphatic heterocycles. The first-order valence-corrected chi connectivity index (χ1v) is 5.99. The fraction of sp³-hybridized carbons (Fsp3) is 0.357. The number of nitrogens with zero attached hydrogens (tertiary/aromatic N) is 1. The molecule has 0 spiro atoms. The van der Waals surface area contributed by atoms with Gasteiger partial charge < -0.3 is 10.2 Å². The van der Waals surface area contributed by atoms with Crippen molar-refractivity contribution in [3.8, 4) is 6.07 Å². The van der Waals surface area contributed by atoms with Crippen LogP contribution < -0.4 is 11.2 Å². The van der Waals surface area contributed by atoms with Gasteiger partial charge in [0.15, 0.2) is 0 Å². The van der Waals surface area contributed by atoms with Gasteiger partial charge in [-0.3, -0.25) is 0 Å². The summed E-state index contributed by atoms with van der Waals surface area (Å²) in [6.45, 7) is 2.46. The minimum atomic E-state index is -0.206. The molecule has 0 saturated heterocycles. The fourth-order valence-electron chi connectivity index (χ4n) is 1.86. The Kier molecular flexibility index (Phi) is 3.54. The highest BCUT2D eigenvalue weighted by atomic mass is 16.6. The van der Waals surface area contributed by atoms with E-state index in [1.165, 1.54) is 0 Å². The molecule has 94 valence electrons. The summed E-state index contributed by atoms with van der Waals surface area (Å²) in [5.41, 5.74) is 1.93. The van der Waals surface area contributed by atoms with E-state index in [1.54, 1.807) is 6.92 Å². The minimum absolute atomic E-state index is 0.206. The number of anilines is 1. The van der Waals surface area contributed by atoms with Crippen LogP contribution in [0.25, 0.3) is 0 Å². The quantitative estimate of drug-likeness (QED) is 0.615. The minimum Gasteiger partial charge on any atom is -0.417 e. The first-order chi connectivity index (χ1) is 8.70. The van der Waals surface area contributed by atoms with Gasteiger partial charge in [-0.05, 0) is 43.5 Å². The summed E-state index contributed by atoms with van der Waals surface area (Å²) in [4.78, 5) is 4.56. The van der Waals surface area contributed by atoms with Crippen LogP contribution in [-0.2, 0) is 10.3 Å². The molecule has 18 heavy (non-hydrogen) atoms. The normalized spacial score (nSPS) is 16.8. The first kappa shape index (κ1) is 12.5. The van der Waals surface area contributed by atoms with Crippen LogP contribution in [0.3, 0.4) is 0 Å². The van der Waals surface area contributed by atoms with Crippen molar-refractivity contribution < 1.29 is 4.84 Å². The molecule has 4 nitrogen and oxygen atoms in total. The SMILES string of the molecule is C/C(=C/CNc1ccc(C2(C#N)CC2)cc1)ON. The van der Waals surface area contributed by atoms with Gasteiger partial charge in [0.25, 0.3) is 0 Å². The third kappa shape index (κ3) is 2.63. The summed E-state index contributed by atoms with van der Waals surface area (Å²) in [5.74, 6) is 5.70. The Balaban J connectivity index is 1.95. The van der Waals surface area contributed by atoms with Crippen LogP contribution in [0.15, 0.2) is 36.1 Å².